The summed E-state index contributed by atoms with van der Waals surface area (Å²) in [6, 6.07) is 11.5. The average molecular weight is 364 g/mol. The van der Waals surface area contributed by atoms with Crippen LogP contribution in [-0.2, 0) is 4.79 Å². The number of hydrogen-bond donors (Lipinski definition) is 1. The Morgan fingerprint density at radius 3 is 2.71 bits per heavy atom. The fraction of sp³-hybridized carbons (Fsp3) is 0.316. The minimum absolute atomic E-state index is 0.0374. The van der Waals surface area contributed by atoms with E-state index in [1.807, 2.05) is 49.6 Å². The first-order valence-corrected chi connectivity index (χ1v) is 9.37. The molecule has 0 unspecified atom stereocenters. The van der Waals surface area contributed by atoms with E-state index in [0.29, 0.717) is 10.8 Å². The Bertz CT molecular complexity index is 731. The van der Waals surface area contributed by atoms with E-state index in [4.69, 9.17) is 16.3 Å². The molecule has 5 heteroatoms. The number of anilines is 1. The summed E-state index contributed by atoms with van der Waals surface area (Å²) in [5, 5.41) is 3.57. The fourth-order valence-corrected chi connectivity index (χ4v) is 2.92. The highest BCUT2D eigenvalue weighted by molar-refractivity contribution is 7.98. The summed E-state index contributed by atoms with van der Waals surface area (Å²) in [6.45, 7) is 6.03. The van der Waals surface area contributed by atoms with Crippen molar-refractivity contribution in [3.8, 4) is 5.75 Å². The topological polar surface area (TPSA) is 38.3 Å². The first kappa shape index (κ1) is 18.7. The number of rotatable bonds is 6. The predicted molar refractivity (Wildman–Crippen MR) is 103 cm³/mol. The average Bonchev–Trinajstić information content (AvgIpc) is 2.55. The maximum Gasteiger partial charge on any atom is 0.262 e. The van der Waals surface area contributed by atoms with Gasteiger partial charge in [0, 0.05) is 15.6 Å². The van der Waals surface area contributed by atoms with Gasteiger partial charge in [-0.3, -0.25) is 4.79 Å². The highest BCUT2D eigenvalue weighted by Gasteiger charge is 2.13. The van der Waals surface area contributed by atoms with Crippen molar-refractivity contribution in [2.24, 2.45) is 0 Å². The Hall–Kier alpha value is -1.65. The number of carbonyl (C=O) groups excluding carboxylic acids is 1. The normalized spacial score (nSPS) is 10.8. The zero-order valence-electron chi connectivity index (χ0n) is 14.4. The second kappa shape index (κ2) is 8.45. The lowest BCUT2D eigenvalue weighted by Gasteiger charge is -2.16. The first-order chi connectivity index (χ1) is 11.4. The summed E-state index contributed by atoms with van der Waals surface area (Å²) in [7, 11) is 0. The van der Waals surface area contributed by atoms with Crippen molar-refractivity contribution in [1.29, 1.82) is 0 Å². The van der Waals surface area contributed by atoms with Crippen LogP contribution in [-0.4, -0.2) is 18.8 Å². The van der Waals surface area contributed by atoms with Gasteiger partial charge in [-0.1, -0.05) is 31.5 Å². The van der Waals surface area contributed by atoms with Gasteiger partial charge >= 0.3 is 0 Å². The molecule has 2 aromatic rings. The summed E-state index contributed by atoms with van der Waals surface area (Å²) < 4.78 is 5.75. The molecule has 2 rings (SSSR count). The maximum atomic E-state index is 12.1. The molecule has 0 bridgehead atoms. The molecule has 0 aliphatic rings. The van der Waals surface area contributed by atoms with E-state index in [1.54, 1.807) is 11.8 Å². The van der Waals surface area contributed by atoms with Gasteiger partial charge < -0.3 is 10.1 Å². The van der Waals surface area contributed by atoms with E-state index >= 15 is 0 Å². The van der Waals surface area contributed by atoms with Crippen LogP contribution in [0.25, 0.3) is 0 Å². The highest BCUT2D eigenvalue weighted by atomic mass is 35.5. The molecule has 1 N–H and O–H groups in total. The standard InChI is InChI=1S/C19H22ClNO2S/c1-12(2)16-10-17(20)13(3)8-18(16)23-11-19(22)21-14-6-5-7-15(9-14)24-4/h5-10,12H,11H2,1-4H3,(H,21,22). The zero-order valence-corrected chi connectivity index (χ0v) is 15.9. The summed E-state index contributed by atoms with van der Waals surface area (Å²) in [5.41, 5.74) is 2.71. The highest BCUT2D eigenvalue weighted by Crippen LogP contribution is 2.32. The van der Waals surface area contributed by atoms with Crippen molar-refractivity contribution in [3.05, 3.63) is 52.5 Å². The molecule has 0 aromatic heterocycles. The number of aryl methyl sites for hydroxylation is 1. The molecule has 0 heterocycles. The number of halogens is 1. The van der Waals surface area contributed by atoms with Crippen molar-refractivity contribution in [3.63, 3.8) is 0 Å². The number of thioether (sulfide) groups is 1. The molecular formula is C19H22ClNO2S. The second-order valence-electron chi connectivity index (χ2n) is 5.86. The number of amides is 1. The van der Waals surface area contributed by atoms with Gasteiger partial charge in [0.1, 0.15) is 5.75 Å². The minimum Gasteiger partial charge on any atom is -0.483 e. The molecule has 0 radical (unpaired) electrons. The summed E-state index contributed by atoms with van der Waals surface area (Å²) >= 11 is 7.82. The van der Waals surface area contributed by atoms with Gasteiger partial charge in [-0.2, -0.15) is 0 Å². The molecule has 0 saturated heterocycles. The molecule has 0 spiro atoms. The van der Waals surface area contributed by atoms with E-state index < -0.39 is 0 Å². The van der Waals surface area contributed by atoms with Gasteiger partial charge in [-0.25, -0.2) is 0 Å². The Morgan fingerprint density at radius 1 is 1.29 bits per heavy atom. The third-order valence-electron chi connectivity index (χ3n) is 3.63. The van der Waals surface area contributed by atoms with E-state index in [9.17, 15) is 4.79 Å². The van der Waals surface area contributed by atoms with Crippen LogP contribution in [0, 0.1) is 6.92 Å². The Labute approximate surface area is 152 Å². The molecule has 24 heavy (non-hydrogen) atoms. The van der Waals surface area contributed by atoms with Crippen molar-refractivity contribution in [2.75, 3.05) is 18.2 Å². The first-order valence-electron chi connectivity index (χ1n) is 7.77. The van der Waals surface area contributed by atoms with Crippen LogP contribution in [0.1, 0.15) is 30.9 Å². The summed E-state index contributed by atoms with van der Waals surface area (Å²) in [4.78, 5) is 13.3. The largest absolute Gasteiger partial charge is 0.483 e. The Morgan fingerprint density at radius 2 is 2.04 bits per heavy atom. The van der Waals surface area contributed by atoms with Gasteiger partial charge in [0.15, 0.2) is 6.61 Å². The fourth-order valence-electron chi connectivity index (χ4n) is 2.29. The summed E-state index contributed by atoms with van der Waals surface area (Å²) in [5.74, 6) is 0.787. The second-order valence-corrected chi connectivity index (χ2v) is 7.15. The maximum absolute atomic E-state index is 12.1. The number of carbonyl (C=O) groups is 1. The molecule has 0 aliphatic heterocycles. The van der Waals surface area contributed by atoms with Crippen molar-refractivity contribution >= 4 is 35.0 Å². The lowest BCUT2D eigenvalue weighted by Crippen LogP contribution is -2.20. The van der Waals surface area contributed by atoms with Gasteiger partial charge in [-0.05, 0) is 60.6 Å². The van der Waals surface area contributed by atoms with Crippen LogP contribution < -0.4 is 10.1 Å². The smallest absolute Gasteiger partial charge is 0.262 e. The summed E-state index contributed by atoms with van der Waals surface area (Å²) in [6.07, 6.45) is 2.00. The van der Waals surface area contributed by atoms with E-state index in [0.717, 1.165) is 21.7 Å². The Balaban J connectivity index is 2.04. The van der Waals surface area contributed by atoms with Crippen molar-refractivity contribution in [1.82, 2.24) is 0 Å². The van der Waals surface area contributed by atoms with Crippen LogP contribution in [0.15, 0.2) is 41.3 Å². The SMILES string of the molecule is CSc1cccc(NC(=O)COc2cc(C)c(Cl)cc2C(C)C)c1. The molecule has 128 valence electrons. The minimum atomic E-state index is -0.185. The lowest BCUT2D eigenvalue weighted by atomic mass is 10.0. The van der Waals surface area contributed by atoms with Crippen LogP contribution in [0.3, 0.4) is 0 Å². The quantitative estimate of drug-likeness (QED) is 0.687. The predicted octanol–water partition coefficient (Wildman–Crippen LogP) is 5.51. The van der Waals surface area contributed by atoms with Gasteiger partial charge in [0.05, 0.1) is 0 Å². The molecule has 0 fully saturated rings. The molecule has 0 aliphatic carbocycles. The number of hydrogen-bond acceptors (Lipinski definition) is 3. The van der Waals surface area contributed by atoms with E-state index in [1.165, 1.54) is 0 Å². The number of ether oxygens (including phenoxy) is 1. The molecule has 1 amide bonds. The molecule has 2 aromatic carbocycles. The Kier molecular flexibility index (Phi) is 6.58. The van der Waals surface area contributed by atoms with Crippen LogP contribution in [0.4, 0.5) is 5.69 Å². The van der Waals surface area contributed by atoms with E-state index in [-0.39, 0.29) is 18.4 Å². The van der Waals surface area contributed by atoms with Crippen LogP contribution in [0.5, 0.6) is 5.75 Å². The third kappa shape index (κ3) is 4.92. The van der Waals surface area contributed by atoms with E-state index in [2.05, 4.69) is 19.2 Å². The molecule has 3 nitrogen and oxygen atoms in total. The van der Waals surface area contributed by atoms with Crippen molar-refractivity contribution in [2.45, 2.75) is 31.6 Å². The van der Waals surface area contributed by atoms with Gasteiger partial charge in [0.2, 0.25) is 0 Å². The molecular weight excluding hydrogens is 342 g/mol. The van der Waals surface area contributed by atoms with Gasteiger partial charge in [-0.15, -0.1) is 11.8 Å². The number of nitrogens with one attached hydrogen (secondary N) is 1. The molecule has 0 saturated carbocycles. The monoisotopic (exact) mass is 363 g/mol. The lowest BCUT2D eigenvalue weighted by molar-refractivity contribution is -0.118. The third-order valence-corrected chi connectivity index (χ3v) is 4.76. The van der Waals surface area contributed by atoms with Crippen molar-refractivity contribution < 1.29 is 9.53 Å². The molecule has 0 atom stereocenters. The van der Waals surface area contributed by atoms with Crippen LogP contribution >= 0.6 is 23.4 Å². The zero-order chi connectivity index (χ0) is 17.7. The van der Waals surface area contributed by atoms with Gasteiger partial charge in [0.25, 0.3) is 5.91 Å². The van der Waals surface area contributed by atoms with Crippen LogP contribution in [0.2, 0.25) is 5.02 Å². The number of benzene rings is 2.